The van der Waals surface area contributed by atoms with Crippen LogP contribution < -0.4 is 4.90 Å². The Labute approximate surface area is 119 Å². The van der Waals surface area contributed by atoms with Crippen LogP contribution in [-0.4, -0.2) is 35.0 Å². The average Bonchev–Trinajstić information content (AvgIpc) is 2.83. The van der Waals surface area contributed by atoms with Crippen molar-refractivity contribution in [1.82, 2.24) is 4.37 Å². The summed E-state index contributed by atoms with van der Waals surface area (Å²) in [6.07, 6.45) is 0.266. The normalized spacial score (nSPS) is 24.7. The molecule has 2 unspecified atom stereocenters. The summed E-state index contributed by atoms with van der Waals surface area (Å²) in [5, 5.41) is 3.41. The highest BCUT2D eigenvalue weighted by Crippen LogP contribution is 2.34. The van der Waals surface area contributed by atoms with Crippen LogP contribution in [0.25, 0.3) is 10.9 Å². The molecule has 1 aromatic carbocycles. The lowest BCUT2D eigenvalue weighted by Crippen LogP contribution is -2.48. The van der Waals surface area contributed by atoms with Crippen molar-refractivity contribution in [3.8, 4) is 0 Å². The molecule has 2 heterocycles. The zero-order chi connectivity index (χ0) is 12.5. The first kappa shape index (κ1) is 12.4. The lowest BCUT2D eigenvalue weighted by molar-refractivity contribution is 0.0384. The highest BCUT2D eigenvalue weighted by Gasteiger charge is 2.27. The minimum Gasteiger partial charge on any atom is -0.373 e. The topological polar surface area (TPSA) is 25.4 Å². The third kappa shape index (κ3) is 2.15. The first-order valence-electron chi connectivity index (χ1n) is 6.08. The molecule has 2 aromatic rings. The zero-order valence-electron chi connectivity index (χ0n) is 10.2. The number of alkyl halides is 1. The maximum Gasteiger partial charge on any atom is 0.120 e. The van der Waals surface area contributed by atoms with Gasteiger partial charge in [-0.3, -0.25) is 0 Å². The van der Waals surface area contributed by atoms with Gasteiger partial charge in [-0.2, -0.15) is 4.37 Å². The van der Waals surface area contributed by atoms with Gasteiger partial charge < -0.3 is 9.64 Å². The second kappa shape index (κ2) is 5.15. The predicted molar refractivity (Wildman–Crippen MR) is 80.0 cm³/mol. The van der Waals surface area contributed by atoms with Crippen LogP contribution in [0.3, 0.4) is 0 Å². The largest absolute Gasteiger partial charge is 0.373 e. The highest BCUT2D eigenvalue weighted by molar-refractivity contribution is 9.09. The molecule has 5 heteroatoms. The molecule has 0 amide bonds. The van der Waals surface area contributed by atoms with Gasteiger partial charge in [0, 0.05) is 17.3 Å². The van der Waals surface area contributed by atoms with Gasteiger partial charge in [0.15, 0.2) is 0 Å². The average molecular weight is 327 g/mol. The van der Waals surface area contributed by atoms with E-state index in [4.69, 9.17) is 4.74 Å². The Morgan fingerprint density at radius 3 is 3.17 bits per heavy atom. The molecule has 1 fully saturated rings. The van der Waals surface area contributed by atoms with E-state index >= 15 is 0 Å². The quantitative estimate of drug-likeness (QED) is 0.792. The van der Waals surface area contributed by atoms with E-state index in [2.05, 4.69) is 50.3 Å². The van der Waals surface area contributed by atoms with Gasteiger partial charge in [-0.1, -0.05) is 28.1 Å². The molecule has 0 aliphatic carbocycles. The Balaban J connectivity index is 1.97. The number of hydrogen-bond acceptors (Lipinski definition) is 4. The van der Waals surface area contributed by atoms with Gasteiger partial charge in [0.05, 0.1) is 24.3 Å². The number of ether oxygens (including phenoxy) is 1. The minimum atomic E-state index is 0.266. The summed E-state index contributed by atoms with van der Waals surface area (Å²) in [5.41, 5.74) is 1.09. The van der Waals surface area contributed by atoms with Crippen molar-refractivity contribution in [2.45, 2.75) is 19.1 Å². The number of hydrogen-bond donors (Lipinski definition) is 0. The van der Waals surface area contributed by atoms with Crippen LogP contribution in [0.2, 0.25) is 0 Å². The maximum atomic E-state index is 5.78. The number of fused-ring (bicyclic) bond motifs is 1. The van der Waals surface area contributed by atoms with Crippen LogP contribution in [0.5, 0.6) is 0 Å². The molecule has 2 atom stereocenters. The molecular formula is C13H15BrN2OS. The summed E-state index contributed by atoms with van der Waals surface area (Å²) in [4.78, 5) is 2.43. The van der Waals surface area contributed by atoms with Gasteiger partial charge >= 0.3 is 0 Å². The molecule has 0 bridgehead atoms. The Kier molecular flexibility index (Phi) is 3.54. The van der Waals surface area contributed by atoms with Gasteiger partial charge in [-0.05, 0) is 30.6 Å². The summed E-state index contributed by atoms with van der Waals surface area (Å²) >= 11 is 5.10. The fourth-order valence-electron chi connectivity index (χ4n) is 2.28. The number of aromatic nitrogens is 1. The first-order chi connectivity index (χ1) is 8.79. The maximum absolute atomic E-state index is 5.78. The van der Waals surface area contributed by atoms with Crippen molar-refractivity contribution in [3.63, 3.8) is 0 Å². The molecule has 96 valence electrons. The van der Waals surface area contributed by atoms with Crippen LogP contribution in [0.4, 0.5) is 5.00 Å². The zero-order valence-corrected chi connectivity index (χ0v) is 12.6. The van der Waals surface area contributed by atoms with E-state index in [0.717, 1.165) is 24.0 Å². The van der Waals surface area contributed by atoms with Crippen molar-refractivity contribution >= 4 is 43.4 Å². The molecule has 18 heavy (non-hydrogen) atoms. The van der Waals surface area contributed by atoms with Gasteiger partial charge in [-0.25, -0.2) is 0 Å². The smallest absolute Gasteiger partial charge is 0.120 e. The van der Waals surface area contributed by atoms with E-state index in [1.54, 1.807) is 11.5 Å². The molecule has 0 radical (unpaired) electrons. The highest BCUT2D eigenvalue weighted by atomic mass is 79.9. The molecule has 0 spiro atoms. The number of nitrogens with zero attached hydrogens (tertiary/aromatic N) is 2. The number of benzene rings is 1. The fourth-order valence-corrected chi connectivity index (χ4v) is 3.64. The Morgan fingerprint density at radius 1 is 1.50 bits per heavy atom. The van der Waals surface area contributed by atoms with Crippen molar-refractivity contribution in [3.05, 3.63) is 24.3 Å². The summed E-state index contributed by atoms with van der Waals surface area (Å²) in [7, 11) is 0. The summed E-state index contributed by atoms with van der Waals surface area (Å²) in [6.45, 7) is 3.92. The van der Waals surface area contributed by atoms with E-state index < -0.39 is 0 Å². The van der Waals surface area contributed by atoms with E-state index in [0.29, 0.717) is 6.04 Å². The third-order valence-electron chi connectivity index (χ3n) is 3.30. The van der Waals surface area contributed by atoms with E-state index in [1.807, 2.05) is 6.07 Å². The van der Waals surface area contributed by atoms with E-state index in [-0.39, 0.29) is 6.10 Å². The minimum absolute atomic E-state index is 0.266. The van der Waals surface area contributed by atoms with Crippen molar-refractivity contribution < 1.29 is 4.74 Å². The lowest BCUT2D eigenvalue weighted by Gasteiger charge is -2.38. The predicted octanol–water partition coefficient (Wildman–Crippen LogP) is 3.28. The van der Waals surface area contributed by atoms with Crippen LogP contribution in [0, 0.1) is 0 Å². The van der Waals surface area contributed by atoms with Gasteiger partial charge in [0.1, 0.15) is 5.00 Å². The van der Waals surface area contributed by atoms with Gasteiger partial charge in [-0.15, -0.1) is 0 Å². The molecular weight excluding hydrogens is 312 g/mol. The number of halogens is 1. The van der Waals surface area contributed by atoms with Crippen LogP contribution in [-0.2, 0) is 4.74 Å². The second-order valence-electron chi connectivity index (χ2n) is 4.62. The monoisotopic (exact) mass is 326 g/mol. The first-order valence-corrected chi connectivity index (χ1v) is 7.97. The van der Waals surface area contributed by atoms with E-state index in [1.165, 1.54) is 10.4 Å². The fraction of sp³-hybridized carbons (Fsp3) is 0.462. The molecule has 1 aromatic heterocycles. The number of morpholine rings is 1. The molecule has 1 aliphatic rings. The molecule has 3 nitrogen and oxygen atoms in total. The Morgan fingerprint density at radius 2 is 2.33 bits per heavy atom. The standard InChI is InChI=1S/C13H15BrN2OS/c1-9-8-17-10(6-14)7-16(9)13-11-4-2-3-5-12(11)15-18-13/h2-5,9-10H,6-8H2,1H3. The van der Waals surface area contributed by atoms with Crippen LogP contribution in [0.1, 0.15) is 6.92 Å². The third-order valence-corrected chi connectivity index (χ3v) is 4.94. The summed E-state index contributed by atoms with van der Waals surface area (Å²) in [6, 6.07) is 8.75. The number of rotatable bonds is 2. The van der Waals surface area contributed by atoms with Crippen molar-refractivity contribution in [2.24, 2.45) is 0 Å². The SMILES string of the molecule is CC1COC(CBr)CN1c1snc2ccccc12. The molecule has 0 N–H and O–H groups in total. The summed E-state index contributed by atoms with van der Waals surface area (Å²) < 4.78 is 10.3. The van der Waals surface area contributed by atoms with Crippen LogP contribution >= 0.6 is 27.5 Å². The summed E-state index contributed by atoms with van der Waals surface area (Å²) in [5.74, 6) is 0. The van der Waals surface area contributed by atoms with Gasteiger partial charge in [0.2, 0.25) is 0 Å². The molecule has 0 saturated carbocycles. The van der Waals surface area contributed by atoms with Crippen molar-refractivity contribution in [1.29, 1.82) is 0 Å². The molecule has 1 saturated heterocycles. The molecule has 1 aliphatic heterocycles. The van der Waals surface area contributed by atoms with Crippen molar-refractivity contribution in [2.75, 3.05) is 23.4 Å². The Hall–Kier alpha value is -0.650. The lowest BCUT2D eigenvalue weighted by atomic mass is 10.2. The van der Waals surface area contributed by atoms with E-state index in [9.17, 15) is 0 Å². The second-order valence-corrected chi connectivity index (χ2v) is 6.02. The molecule has 3 rings (SSSR count). The van der Waals surface area contributed by atoms with Gasteiger partial charge in [0.25, 0.3) is 0 Å². The van der Waals surface area contributed by atoms with Crippen LogP contribution in [0.15, 0.2) is 24.3 Å². The number of anilines is 1. The Bertz CT molecular complexity index is 545.